The van der Waals surface area contributed by atoms with Crippen LogP contribution in [0.5, 0.6) is 0 Å². The number of allylic oxidation sites excluding steroid dienone is 2. The quantitative estimate of drug-likeness (QED) is 0.736. The summed E-state index contributed by atoms with van der Waals surface area (Å²) in [5, 5.41) is 3.44. The average Bonchev–Trinajstić information content (AvgIpc) is 3.74. The molecule has 1 aromatic rings. The smallest absolute Gasteiger partial charge is 0.256 e. The lowest BCUT2D eigenvalue weighted by Gasteiger charge is -2.25. The maximum absolute atomic E-state index is 13.3. The lowest BCUT2D eigenvalue weighted by Crippen LogP contribution is -2.41. The Morgan fingerprint density at radius 2 is 2.09 bits per heavy atom. The van der Waals surface area contributed by atoms with Crippen LogP contribution in [0.2, 0.25) is 0 Å². The SMILES string of the molecule is O=C(C1CC1)N1CC[C@@H](CN2C(=O)C3(CC3)N=C2C2=CCC(c3ccc4c(c3)CCN4)C=C2)C1. The molecular weight excluding hydrogens is 424 g/mol. The van der Waals surface area contributed by atoms with Gasteiger partial charge in [0.2, 0.25) is 5.91 Å². The van der Waals surface area contributed by atoms with E-state index in [9.17, 15) is 9.59 Å². The summed E-state index contributed by atoms with van der Waals surface area (Å²) in [7, 11) is 0. The maximum atomic E-state index is 13.3. The number of nitrogens with one attached hydrogen (secondary N) is 1. The summed E-state index contributed by atoms with van der Waals surface area (Å²) in [6.45, 7) is 3.33. The monoisotopic (exact) mass is 456 g/mol. The van der Waals surface area contributed by atoms with Gasteiger partial charge in [-0.3, -0.25) is 19.5 Å². The number of amides is 2. The molecular formula is C28H32N4O2. The lowest BCUT2D eigenvalue weighted by atomic mass is 9.88. The molecule has 1 saturated heterocycles. The number of carbonyl (C=O) groups is 2. The van der Waals surface area contributed by atoms with Gasteiger partial charge in [-0.1, -0.05) is 30.4 Å². The van der Waals surface area contributed by atoms with E-state index in [1.807, 2.05) is 9.80 Å². The first-order valence-corrected chi connectivity index (χ1v) is 13.1. The summed E-state index contributed by atoms with van der Waals surface area (Å²) < 4.78 is 0. The highest BCUT2D eigenvalue weighted by molar-refractivity contribution is 6.17. The van der Waals surface area contributed by atoms with E-state index in [1.165, 1.54) is 16.8 Å². The Morgan fingerprint density at radius 1 is 1.21 bits per heavy atom. The second kappa shape index (κ2) is 7.56. The molecule has 0 radical (unpaired) electrons. The zero-order chi connectivity index (χ0) is 22.9. The van der Waals surface area contributed by atoms with Crippen molar-refractivity contribution in [1.29, 1.82) is 0 Å². The Morgan fingerprint density at radius 3 is 2.85 bits per heavy atom. The predicted molar refractivity (Wildman–Crippen MR) is 132 cm³/mol. The minimum absolute atomic E-state index is 0.178. The topological polar surface area (TPSA) is 65.0 Å². The van der Waals surface area contributed by atoms with Gasteiger partial charge >= 0.3 is 0 Å². The van der Waals surface area contributed by atoms with Crippen molar-refractivity contribution in [3.05, 3.63) is 53.1 Å². The summed E-state index contributed by atoms with van der Waals surface area (Å²) in [5.74, 6) is 2.35. The number of benzene rings is 1. The van der Waals surface area contributed by atoms with Crippen LogP contribution in [0.15, 0.2) is 47.0 Å². The van der Waals surface area contributed by atoms with Crippen molar-refractivity contribution >= 4 is 23.3 Å². The first-order valence-electron chi connectivity index (χ1n) is 13.1. The number of fused-ring (bicyclic) bond motifs is 1. The molecule has 6 nitrogen and oxygen atoms in total. The van der Waals surface area contributed by atoms with E-state index in [4.69, 9.17) is 4.99 Å². The maximum Gasteiger partial charge on any atom is 0.256 e. The molecule has 3 aliphatic carbocycles. The molecule has 1 N–H and O–H groups in total. The van der Waals surface area contributed by atoms with Crippen LogP contribution in [-0.2, 0) is 16.0 Å². The van der Waals surface area contributed by atoms with Crippen LogP contribution in [0.25, 0.3) is 0 Å². The van der Waals surface area contributed by atoms with E-state index in [1.54, 1.807) is 0 Å². The average molecular weight is 457 g/mol. The third-order valence-electron chi connectivity index (χ3n) is 8.53. The first kappa shape index (κ1) is 20.5. The Balaban J connectivity index is 1.06. The number of carbonyl (C=O) groups excluding carboxylic acids is 2. The van der Waals surface area contributed by atoms with Gasteiger partial charge in [0.15, 0.2) is 0 Å². The van der Waals surface area contributed by atoms with Crippen molar-refractivity contribution in [2.24, 2.45) is 16.8 Å². The van der Waals surface area contributed by atoms with E-state index in [2.05, 4.69) is 41.7 Å². The predicted octanol–water partition coefficient (Wildman–Crippen LogP) is 3.66. The van der Waals surface area contributed by atoms with Crippen LogP contribution in [0.3, 0.4) is 0 Å². The molecule has 7 rings (SSSR count). The van der Waals surface area contributed by atoms with Crippen molar-refractivity contribution in [1.82, 2.24) is 9.80 Å². The fraction of sp³-hybridized carbons (Fsp3) is 0.536. The van der Waals surface area contributed by atoms with Crippen molar-refractivity contribution in [3.8, 4) is 0 Å². The molecule has 2 amide bonds. The molecule has 3 heterocycles. The molecule has 1 spiro atoms. The Bertz CT molecular complexity index is 1160. The third-order valence-corrected chi connectivity index (χ3v) is 8.53. The second-order valence-electron chi connectivity index (χ2n) is 11.1. The van der Waals surface area contributed by atoms with E-state index < -0.39 is 5.54 Å². The highest BCUT2D eigenvalue weighted by Crippen LogP contribution is 2.47. The summed E-state index contributed by atoms with van der Waals surface area (Å²) in [4.78, 5) is 34.8. The highest BCUT2D eigenvalue weighted by atomic mass is 16.2. The van der Waals surface area contributed by atoms with Crippen molar-refractivity contribution in [2.45, 2.75) is 56.4 Å². The molecule has 6 aliphatic rings. The van der Waals surface area contributed by atoms with E-state index >= 15 is 0 Å². The third kappa shape index (κ3) is 3.41. The molecule has 0 aromatic heterocycles. The first-order chi connectivity index (χ1) is 16.6. The van der Waals surface area contributed by atoms with Gasteiger partial charge in [0.05, 0.1) is 0 Å². The second-order valence-corrected chi connectivity index (χ2v) is 11.1. The van der Waals surface area contributed by atoms with E-state index in [0.717, 1.165) is 76.0 Å². The van der Waals surface area contributed by atoms with Crippen LogP contribution >= 0.6 is 0 Å². The van der Waals surface area contributed by atoms with Gasteiger partial charge in [-0.25, -0.2) is 0 Å². The molecule has 1 unspecified atom stereocenters. The van der Waals surface area contributed by atoms with Gasteiger partial charge < -0.3 is 10.2 Å². The number of likely N-dealkylation sites (tertiary alicyclic amines) is 1. The molecule has 34 heavy (non-hydrogen) atoms. The van der Waals surface area contributed by atoms with Crippen molar-refractivity contribution < 1.29 is 9.59 Å². The number of hydrogen-bond donors (Lipinski definition) is 1. The minimum atomic E-state index is -0.490. The van der Waals surface area contributed by atoms with Crippen molar-refractivity contribution in [2.75, 3.05) is 31.5 Å². The Kier molecular flexibility index (Phi) is 4.55. The number of amidine groups is 1. The number of rotatable bonds is 5. The molecule has 0 bridgehead atoms. The fourth-order valence-electron chi connectivity index (χ4n) is 6.11. The zero-order valence-electron chi connectivity index (χ0n) is 19.6. The minimum Gasteiger partial charge on any atom is -0.384 e. The molecule has 6 heteroatoms. The molecule has 2 saturated carbocycles. The molecule has 3 fully saturated rings. The van der Waals surface area contributed by atoms with Gasteiger partial charge in [-0.2, -0.15) is 0 Å². The van der Waals surface area contributed by atoms with Gasteiger partial charge in [0, 0.05) is 49.3 Å². The van der Waals surface area contributed by atoms with E-state index in [-0.39, 0.29) is 11.8 Å². The summed E-state index contributed by atoms with van der Waals surface area (Å²) in [5.41, 5.74) is 4.64. The van der Waals surface area contributed by atoms with E-state index in [0.29, 0.717) is 24.3 Å². The zero-order valence-corrected chi connectivity index (χ0v) is 19.6. The van der Waals surface area contributed by atoms with Crippen LogP contribution in [-0.4, -0.2) is 59.2 Å². The normalized spacial score (nSPS) is 28.8. The molecule has 1 aromatic carbocycles. The molecule has 176 valence electrons. The van der Waals surface area contributed by atoms with Gasteiger partial charge in [-0.15, -0.1) is 0 Å². The summed E-state index contributed by atoms with van der Waals surface area (Å²) in [6.07, 6.45) is 13.6. The van der Waals surface area contributed by atoms with Crippen molar-refractivity contribution in [3.63, 3.8) is 0 Å². The Labute approximate surface area is 200 Å². The van der Waals surface area contributed by atoms with Gasteiger partial charge in [0.1, 0.15) is 11.4 Å². The highest BCUT2D eigenvalue weighted by Gasteiger charge is 2.57. The number of nitrogens with zero attached hydrogens (tertiary/aromatic N) is 3. The van der Waals surface area contributed by atoms with Crippen LogP contribution < -0.4 is 5.32 Å². The van der Waals surface area contributed by atoms with Crippen LogP contribution in [0, 0.1) is 11.8 Å². The Hall–Kier alpha value is -2.89. The summed E-state index contributed by atoms with van der Waals surface area (Å²) >= 11 is 0. The summed E-state index contributed by atoms with van der Waals surface area (Å²) in [6, 6.07) is 6.80. The van der Waals surface area contributed by atoms with Gasteiger partial charge in [0.25, 0.3) is 5.91 Å². The molecule has 3 aliphatic heterocycles. The van der Waals surface area contributed by atoms with Crippen LogP contribution in [0.1, 0.15) is 55.6 Å². The fourth-order valence-corrected chi connectivity index (χ4v) is 6.11. The number of hydrogen-bond acceptors (Lipinski definition) is 4. The van der Waals surface area contributed by atoms with Crippen LogP contribution in [0.4, 0.5) is 5.69 Å². The lowest BCUT2D eigenvalue weighted by molar-refractivity contribution is -0.131. The van der Waals surface area contributed by atoms with Gasteiger partial charge in [-0.05, 0) is 68.1 Å². The standard InChI is InChI=1S/C28H32N4O2/c33-26(21-5-6-21)31-14-10-18(16-31)17-32-25(30-28(11-12-28)27(32)34)20-3-1-19(2-4-20)22-7-8-24-23(15-22)9-13-29-24/h1,3-4,7-8,15,18-19,21,29H,2,5-6,9-14,16-17H2/t18-,19?/m1/s1. The molecule has 2 atom stereocenters. The largest absolute Gasteiger partial charge is 0.384 e. The number of anilines is 1. The number of aliphatic imine (C=N–C) groups is 1.